The molecule has 0 amide bonds. The quantitative estimate of drug-likeness (QED) is 0.717. The number of aliphatic hydroxyl groups is 1. The highest BCUT2D eigenvalue weighted by Gasteiger charge is 2.42. The Labute approximate surface area is 187 Å². The van der Waals surface area contributed by atoms with Gasteiger partial charge in [-0.3, -0.25) is 0 Å². The minimum absolute atomic E-state index is 0.132. The molecule has 2 aliphatic carbocycles. The molecule has 1 unspecified atom stereocenters. The summed E-state index contributed by atoms with van der Waals surface area (Å²) >= 11 is 6.29. The average molecular weight is 442 g/mol. The van der Waals surface area contributed by atoms with E-state index >= 15 is 0 Å². The highest BCUT2D eigenvalue weighted by molar-refractivity contribution is 6.30. The number of benzene rings is 2. The van der Waals surface area contributed by atoms with Crippen LogP contribution in [0.3, 0.4) is 0 Å². The lowest BCUT2D eigenvalue weighted by Gasteiger charge is -2.42. The van der Waals surface area contributed by atoms with Gasteiger partial charge in [-0.15, -0.1) is 0 Å². The van der Waals surface area contributed by atoms with E-state index in [0.29, 0.717) is 18.1 Å². The molecule has 0 saturated heterocycles. The lowest BCUT2D eigenvalue weighted by molar-refractivity contribution is -0.146. The van der Waals surface area contributed by atoms with Crippen LogP contribution < -0.4 is 9.64 Å². The van der Waals surface area contributed by atoms with E-state index in [1.807, 2.05) is 12.1 Å². The van der Waals surface area contributed by atoms with Crippen molar-refractivity contribution >= 4 is 23.3 Å². The van der Waals surface area contributed by atoms with Gasteiger partial charge in [-0.1, -0.05) is 30.2 Å². The van der Waals surface area contributed by atoms with Gasteiger partial charge in [-0.25, -0.2) is 4.79 Å². The standard InChI is InChI=1S/C25H28ClNO4/c26-19-7-8-20-17(11-19)5-2-10-25(20)14-27(13-16-3-1-4-16)21-12-18(23(28)24(29)30)6-9-22(21)31-15-25/h6-9,11-12,16,23,28H,1-5,10,13-15H2,(H,29,30)/t23?,25-/m0/s1. The first kappa shape index (κ1) is 20.7. The minimum atomic E-state index is -1.54. The smallest absolute Gasteiger partial charge is 0.337 e. The molecule has 3 aliphatic rings. The van der Waals surface area contributed by atoms with Crippen LogP contribution in [0.25, 0.3) is 0 Å². The van der Waals surface area contributed by atoms with E-state index in [-0.39, 0.29) is 5.41 Å². The zero-order valence-electron chi connectivity index (χ0n) is 17.5. The van der Waals surface area contributed by atoms with Crippen molar-refractivity contribution in [1.29, 1.82) is 0 Å². The maximum absolute atomic E-state index is 11.4. The molecule has 0 aromatic heterocycles. The molecule has 1 aliphatic heterocycles. The topological polar surface area (TPSA) is 70.0 Å². The van der Waals surface area contributed by atoms with Gasteiger partial charge in [0.1, 0.15) is 5.75 Å². The van der Waals surface area contributed by atoms with Gasteiger partial charge in [0, 0.05) is 23.5 Å². The van der Waals surface area contributed by atoms with Gasteiger partial charge in [-0.05, 0) is 79.0 Å². The van der Waals surface area contributed by atoms with Gasteiger partial charge >= 0.3 is 5.97 Å². The van der Waals surface area contributed by atoms with Crippen LogP contribution in [0.2, 0.25) is 5.02 Å². The summed E-state index contributed by atoms with van der Waals surface area (Å²) in [5, 5.41) is 20.2. The molecule has 1 heterocycles. The van der Waals surface area contributed by atoms with Crippen LogP contribution in [0, 0.1) is 5.92 Å². The van der Waals surface area contributed by atoms with Crippen LogP contribution in [-0.4, -0.2) is 35.9 Å². The number of rotatable bonds is 4. The molecule has 1 saturated carbocycles. The monoisotopic (exact) mass is 441 g/mol. The molecule has 2 atom stereocenters. The number of halogens is 1. The third kappa shape index (κ3) is 3.79. The van der Waals surface area contributed by atoms with Crippen molar-refractivity contribution in [2.75, 3.05) is 24.6 Å². The van der Waals surface area contributed by atoms with E-state index in [9.17, 15) is 15.0 Å². The summed E-state index contributed by atoms with van der Waals surface area (Å²) in [5.74, 6) is 0.164. The Morgan fingerprint density at radius 3 is 2.81 bits per heavy atom. The predicted octanol–water partition coefficient (Wildman–Crippen LogP) is 4.73. The molecule has 2 aromatic rings. The number of ether oxygens (including phenoxy) is 1. The van der Waals surface area contributed by atoms with Crippen LogP contribution in [0.4, 0.5) is 5.69 Å². The summed E-state index contributed by atoms with van der Waals surface area (Å²) in [7, 11) is 0. The van der Waals surface area contributed by atoms with Crippen molar-refractivity contribution in [2.45, 2.75) is 50.0 Å². The summed E-state index contributed by atoms with van der Waals surface area (Å²) in [6.45, 7) is 2.32. The second-order valence-corrected chi connectivity index (χ2v) is 9.81. The Balaban J connectivity index is 1.56. The molecular weight excluding hydrogens is 414 g/mol. The van der Waals surface area contributed by atoms with Crippen molar-refractivity contribution in [3.05, 3.63) is 58.1 Å². The number of aliphatic hydroxyl groups excluding tert-OH is 1. The fourth-order valence-electron chi connectivity index (χ4n) is 5.43. The van der Waals surface area contributed by atoms with E-state index in [1.54, 1.807) is 12.1 Å². The van der Waals surface area contributed by atoms with E-state index in [0.717, 1.165) is 48.8 Å². The largest absolute Gasteiger partial charge is 0.490 e. The third-order valence-electron chi connectivity index (χ3n) is 7.31. The molecule has 2 aromatic carbocycles. The Hall–Kier alpha value is -2.24. The Kier molecular flexibility index (Phi) is 5.35. The number of carboxylic acid groups (broad SMARTS) is 1. The fraction of sp³-hybridized carbons (Fsp3) is 0.480. The molecule has 0 radical (unpaired) electrons. The molecule has 31 heavy (non-hydrogen) atoms. The van der Waals surface area contributed by atoms with Crippen molar-refractivity contribution in [3.63, 3.8) is 0 Å². The molecule has 0 bridgehead atoms. The second-order valence-electron chi connectivity index (χ2n) is 9.37. The summed E-state index contributed by atoms with van der Waals surface area (Å²) in [6.07, 6.45) is 5.35. The van der Waals surface area contributed by atoms with E-state index < -0.39 is 12.1 Å². The molecule has 2 N–H and O–H groups in total. The molecule has 6 heteroatoms. The summed E-state index contributed by atoms with van der Waals surface area (Å²) in [5.41, 5.74) is 3.77. The Morgan fingerprint density at radius 2 is 2.06 bits per heavy atom. The van der Waals surface area contributed by atoms with Gasteiger partial charge in [0.05, 0.1) is 12.3 Å². The average Bonchev–Trinajstić information content (AvgIpc) is 2.87. The number of hydrogen-bond acceptors (Lipinski definition) is 4. The van der Waals surface area contributed by atoms with Crippen molar-refractivity contribution < 1.29 is 19.7 Å². The number of aliphatic carboxylic acids is 1. The molecular formula is C25H28ClNO4. The number of anilines is 1. The third-order valence-corrected chi connectivity index (χ3v) is 7.55. The lowest BCUT2D eigenvalue weighted by Crippen LogP contribution is -2.47. The maximum Gasteiger partial charge on any atom is 0.337 e. The summed E-state index contributed by atoms with van der Waals surface area (Å²) in [4.78, 5) is 13.7. The molecule has 5 nitrogen and oxygen atoms in total. The first-order valence-electron chi connectivity index (χ1n) is 11.2. The number of hydrogen-bond donors (Lipinski definition) is 2. The summed E-state index contributed by atoms with van der Waals surface area (Å²) < 4.78 is 6.38. The van der Waals surface area contributed by atoms with Crippen molar-refractivity contribution in [3.8, 4) is 5.75 Å². The normalized spacial score (nSPS) is 23.9. The Bertz CT molecular complexity index is 1010. The molecule has 1 fully saturated rings. The lowest BCUT2D eigenvalue weighted by atomic mass is 9.70. The summed E-state index contributed by atoms with van der Waals surface area (Å²) in [6, 6.07) is 11.5. The van der Waals surface area contributed by atoms with Crippen LogP contribution in [-0.2, 0) is 16.6 Å². The van der Waals surface area contributed by atoms with Gasteiger partial charge in [-0.2, -0.15) is 0 Å². The molecule has 1 spiro atoms. The maximum atomic E-state index is 11.4. The zero-order chi connectivity index (χ0) is 21.6. The minimum Gasteiger partial charge on any atom is -0.490 e. The Morgan fingerprint density at radius 1 is 1.23 bits per heavy atom. The van der Waals surface area contributed by atoms with E-state index in [1.165, 1.54) is 30.4 Å². The number of carbonyl (C=O) groups is 1. The van der Waals surface area contributed by atoms with E-state index in [4.69, 9.17) is 16.3 Å². The van der Waals surface area contributed by atoms with Crippen LogP contribution >= 0.6 is 11.6 Å². The molecule has 164 valence electrons. The number of nitrogens with zero attached hydrogens (tertiary/aromatic N) is 1. The fourth-order valence-corrected chi connectivity index (χ4v) is 5.63. The molecule has 5 rings (SSSR count). The first-order chi connectivity index (χ1) is 14.9. The number of carboxylic acids is 1. The van der Waals surface area contributed by atoms with Crippen LogP contribution in [0.5, 0.6) is 5.75 Å². The SMILES string of the molecule is O=C(O)C(O)c1ccc2c(c1)N(CC1CCC1)C[C@@]1(CCCc3cc(Cl)ccc31)CO2. The van der Waals surface area contributed by atoms with Crippen LogP contribution in [0.15, 0.2) is 36.4 Å². The van der Waals surface area contributed by atoms with Gasteiger partial charge < -0.3 is 19.8 Å². The van der Waals surface area contributed by atoms with Crippen LogP contribution in [0.1, 0.15) is 54.9 Å². The van der Waals surface area contributed by atoms with E-state index in [2.05, 4.69) is 17.0 Å². The number of fused-ring (bicyclic) bond motifs is 3. The highest BCUT2D eigenvalue weighted by Crippen LogP contribution is 2.45. The zero-order valence-corrected chi connectivity index (χ0v) is 18.3. The predicted molar refractivity (Wildman–Crippen MR) is 120 cm³/mol. The number of aryl methyl sites for hydroxylation is 1. The van der Waals surface area contributed by atoms with Gasteiger partial charge in [0.15, 0.2) is 6.10 Å². The van der Waals surface area contributed by atoms with Crippen molar-refractivity contribution in [2.24, 2.45) is 5.92 Å². The highest BCUT2D eigenvalue weighted by atomic mass is 35.5. The van der Waals surface area contributed by atoms with Gasteiger partial charge in [0.2, 0.25) is 0 Å². The second kappa shape index (κ2) is 8.03. The first-order valence-corrected chi connectivity index (χ1v) is 11.5. The van der Waals surface area contributed by atoms with Crippen molar-refractivity contribution in [1.82, 2.24) is 0 Å². The van der Waals surface area contributed by atoms with Gasteiger partial charge in [0.25, 0.3) is 0 Å².